The summed E-state index contributed by atoms with van der Waals surface area (Å²) in [5.41, 5.74) is 0. The summed E-state index contributed by atoms with van der Waals surface area (Å²) in [6.45, 7) is 6.24. The molecule has 1 aromatic rings. The second-order valence-electron chi connectivity index (χ2n) is 4.16. The van der Waals surface area contributed by atoms with Crippen LogP contribution < -0.4 is 9.64 Å². The van der Waals surface area contributed by atoms with Gasteiger partial charge in [0.25, 0.3) is 0 Å². The third-order valence-corrected chi connectivity index (χ3v) is 2.45. The van der Waals surface area contributed by atoms with Crippen molar-refractivity contribution in [3.8, 4) is 5.88 Å². The molecule has 0 amide bonds. The summed E-state index contributed by atoms with van der Waals surface area (Å²) >= 11 is 0. The first kappa shape index (κ1) is 14.2. The van der Waals surface area contributed by atoms with Crippen molar-refractivity contribution in [1.82, 2.24) is 9.97 Å². The maximum Gasteiger partial charge on any atom is 0.308 e. The molecule has 1 aromatic heterocycles. The van der Waals surface area contributed by atoms with E-state index in [0.29, 0.717) is 30.7 Å². The Bertz CT molecular complexity index is 423. The second kappa shape index (κ2) is 6.18. The Labute approximate surface area is 107 Å². The molecular formula is C12H19N3O3. The molecule has 18 heavy (non-hydrogen) atoms. The fourth-order valence-electron chi connectivity index (χ4n) is 1.53. The van der Waals surface area contributed by atoms with Crippen molar-refractivity contribution in [2.24, 2.45) is 5.92 Å². The zero-order valence-corrected chi connectivity index (χ0v) is 11.2. The number of carboxylic acids is 1. The summed E-state index contributed by atoms with van der Waals surface area (Å²) in [6, 6.07) is 1.71. The molecule has 1 N–H and O–H groups in total. The van der Waals surface area contributed by atoms with E-state index in [0.717, 1.165) is 0 Å². The lowest BCUT2D eigenvalue weighted by Gasteiger charge is -2.21. The molecule has 6 nitrogen and oxygen atoms in total. The number of rotatable bonds is 6. The highest BCUT2D eigenvalue weighted by Gasteiger charge is 2.15. The van der Waals surface area contributed by atoms with Crippen LogP contribution in [0, 0.1) is 12.8 Å². The van der Waals surface area contributed by atoms with E-state index in [4.69, 9.17) is 9.84 Å². The van der Waals surface area contributed by atoms with Crippen LogP contribution in [0.1, 0.15) is 19.7 Å². The Morgan fingerprint density at radius 3 is 2.78 bits per heavy atom. The molecule has 0 saturated carbocycles. The van der Waals surface area contributed by atoms with E-state index < -0.39 is 11.9 Å². The highest BCUT2D eigenvalue weighted by atomic mass is 16.5. The molecule has 1 heterocycles. The van der Waals surface area contributed by atoms with E-state index >= 15 is 0 Å². The monoisotopic (exact) mass is 253 g/mol. The molecule has 0 aromatic carbocycles. The largest absolute Gasteiger partial charge is 0.481 e. The van der Waals surface area contributed by atoms with Gasteiger partial charge in [-0.25, -0.2) is 4.98 Å². The van der Waals surface area contributed by atoms with Crippen LogP contribution in [0.2, 0.25) is 0 Å². The second-order valence-corrected chi connectivity index (χ2v) is 4.16. The minimum atomic E-state index is -0.822. The summed E-state index contributed by atoms with van der Waals surface area (Å²) in [5.74, 6) is 0.498. The summed E-state index contributed by atoms with van der Waals surface area (Å²) < 4.78 is 5.34. The van der Waals surface area contributed by atoms with E-state index in [9.17, 15) is 4.79 Å². The van der Waals surface area contributed by atoms with Crippen molar-refractivity contribution in [2.45, 2.75) is 20.8 Å². The van der Waals surface area contributed by atoms with Crippen molar-refractivity contribution in [1.29, 1.82) is 0 Å². The summed E-state index contributed by atoms with van der Waals surface area (Å²) in [4.78, 5) is 21.0. The van der Waals surface area contributed by atoms with Gasteiger partial charge in [-0.3, -0.25) is 4.79 Å². The molecule has 1 atom stereocenters. The smallest absolute Gasteiger partial charge is 0.308 e. The van der Waals surface area contributed by atoms with Gasteiger partial charge in [0.2, 0.25) is 5.88 Å². The maximum atomic E-state index is 10.8. The molecule has 1 rings (SSSR count). The number of hydrogen-bond donors (Lipinski definition) is 1. The summed E-state index contributed by atoms with van der Waals surface area (Å²) in [6.07, 6.45) is 0. The van der Waals surface area contributed by atoms with E-state index in [-0.39, 0.29) is 0 Å². The minimum absolute atomic E-state index is 0.386. The van der Waals surface area contributed by atoms with Gasteiger partial charge in [-0.2, -0.15) is 4.98 Å². The number of carboxylic acid groups (broad SMARTS) is 1. The molecule has 0 fully saturated rings. The van der Waals surface area contributed by atoms with Gasteiger partial charge in [-0.1, -0.05) is 6.92 Å². The summed E-state index contributed by atoms with van der Waals surface area (Å²) in [5, 5.41) is 8.89. The molecule has 0 spiro atoms. The average molecular weight is 253 g/mol. The highest BCUT2D eigenvalue weighted by Crippen LogP contribution is 2.17. The number of anilines is 1. The fraction of sp³-hybridized carbons (Fsp3) is 0.583. The normalized spacial score (nSPS) is 12.0. The first-order valence-electron chi connectivity index (χ1n) is 5.86. The van der Waals surface area contributed by atoms with Crippen LogP contribution in [-0.4, -0.2) is 41.2 Å². The van der Waals surface area contributed by atoms with Gasteiger partial charge in [-0.15, -0.1) is 0 Å². The number of ether oxygens (including phenoxy) is 1. The lowest BCUT2D eigenvalue weighted by molar-refractivity contribution is -0.140. The van der Waals surface area contributed by atoms with Gasteiger partial charge in [0, 0.05) is 19.7 Å². The molecular weight excluding hydrogens is 234 g/mol. The van der Waals surface area contributed by atoms with Crippen molar-refractivity contribution in [3.63, 3.8) is 0 Å². The van der Waals surface area contributed by atoms with Crippen LogP contribution in [0.15, 0.2) is 6.07 Å². The van der Waals surface area contributed by atoms with Crippen LogP contribution in [0.4, 0.5) is 5.82 Å². The number of carbonyl (C=O) groups is 1. The third kappa shape index (κ3) is 3.87. The first-order valence-corrected chi connectivity index (χ1v) is 5.86. The topological polar surface area (TPSA) is 75.5 Å². The average Bonchev–Trinajstić information content (AvgIpc) is 2.28. The molecule has 0 aliphatic carbocycles. The molecule has 0 radical (unpaired) electrons. The predicted octanol–water partition coefficient (Wildman–Crippen LogP) is 1.34. The number of aryl methyl sites for hydroxylation is 1. The fourth-order valence-corrected chi connectivity index (χ4v) is 1.53. The Kier molecular flexibility index (Phi) is 4.88. The van der Waals surface area contributed by atoms with Crippen LogP contribution >= 0.6 is 0 Å². The first-order chi connectivity index (χ1) is 8.43. The van der Waals surface area contributed by atoms with Crippen LogP contribution in [0.5, 0.6) is 5.88 Å². The lowest BCUT2D eigenvalue weighted by Crippen LogP contribution is -2.29. The molecule has 0 saturated heterocycles. The van der Waals surface area contributed by atoms with E-state index in [1.54, 1.807) is 31.9 Å². The molecule has 6 heteroatoms. The number of aliphatic carboxylic acids is 1. The standard InChI is InChI=1S/C12H19N3O3/c1-5-18-11-6-10(13-9(3)14-11)15(4)7-8(2)12(16)17/h6,8H,5,7H2,1-4H3,(H,16,17). The maximum absolute atomic E-state index is 10.8. The van der Waals surface area contributed by atoms with Gasteiger partial charge in [-0.05, 0) is 13.8 Å². The van der Waals surface area contributed by atoms with Crippen molar-refractivity contribution in [2.75, 3.05) is 25.1 Å². The predicted molar refractivity (Wildman–Crippen MR) is 68.0 cm³/mol. The van der Waals surface area contributed by atoms with Gasteiger partial charge in [0.05, 0.1) is 12.5 Å². The zero-order valence-electron chi connectivity index (χ0n) is 11.2. The lowest BCUT2D eigenvalue weighted by atomic mass is 10.2. The third-order valence-electron chi connectivity index (χ3n) is 2.45. The Morgan fingerprint density at radius 1 is 1.56 bits per heavy atom. The Balaban J connectivity index is 2.84. The van der Waals surface area contributed by atoms with Gasteiger partial charge >= 0.3 is 5.97 Å². The number of aromatic nitrogens is 2. The van der Waals surface area contributed by atoms with Crippen LogP contribution in [-0.2, 0) is 4.79 Å². The molecule has 0 bridgehead atoms. The molecule has 100 valence electrons. The quantitative estimate of drug-likeness (QED) is 0.824. The van der Waals surface area contributed by atoms with E-state index in [1.807, 2.05) is 6.92 Å². The van der Waals surface area contributed by atoms with Gasteiger partial charge < -0.3 is 14.7 Å². The van der Waals surface area contributed by atoms with Crippen LogP contribution in [0.3, 0.4) is 0 Å². The number of nitrogens with zero attached hydrogens (tertiary/aromatic N) is 3. The summed E-state index contributed by atoms with van der Waals surface area (Å²) in [7, 11) is 1.80. The van der Waals surface area contributed by atoms with Gasteiger partial charge in [0.15, 0.2) is 0 Å². The zero-order chi connectivity index (χ0) is 13.7. The Hall–Kier alpha value is -1.85. The van der Waals surface area contributed by atoms with E-state index in [1.165, 1.54) is 0 Å². The molecule has 1 unspecified atom stereocenters. The van der Waals surface area contributed by atoms with Crippen molar-refractivity contribution >= 4 is 11.8 Å². The SMILES string of the molecule is CCOc1cc(N(C)CC(C)C(=O)O)nc(C)n1. The van der Waals surface area contributed by atoms with Crippen LogP contribution in [0.25, 0.3) is 0 Å². The minimum Gasteiger partial charge on any atom is -0.481 e. The van der Waals surface area contributed by atoms with Crippen molar-refractivity contribution in [3.05, 3.63) is 11.9 Å². The van der Waals surface area contributed by atoms with Crippen molar-refractivity contribution < 1.29 is 14.6 Å². The molecule has 0 aliphatic heterocycles. The Morgan fingerprint density at radius 2 is 2.22 bits per heavy atom. The van der Waals surface area contributed by atoms with Gasteiger partial charge in [0.1, 0.15) is 11.6 Å². The highest BCUT2D eigenvalue weighted by molar-refractivity contribution is 5.70. The molecule has 0 aliphatic rings. The number of hydrogen-bond acceptors (Lipinski definition) is 5. The van der Waals surface area contributed by atoms with E-state index in [2.05, 4.69) is 9.97 Å².